The van der Waals surface area contributed by atoms with E-state index in [0.29, 0.717) is 6.54 Å². The van der Waals surface area contributed by atoms with Crippen LogP contribution in [0.3, 0.4) is 0 Å². The van der Waals surface area contributed by atoms with Crippen LogP contribution in [-0.2, 0) is 16.6 Å². The largest absolute Gasteiger partial charge is 0.325 e. The van der Waals surface area contributed by atoms with Crippen molar-refractivity contribution in [3.8, 4) is 0 Å². The summed E-state index contributed by atoms with van der Waals surface area (Å²) in [5.41, 5.74) is 5.68. The van der Waals surface area contributed by atoms with Crippen molar-refractivity contribution in [3.63, 3.8) is 0 Å². The van der Waals surface area contributed by atoms with Gasteiger partial charge >= 0.3 is 0 Å². The molecule has 2 amide bonds. The summed E-state index contributed by atoms with van der Waals surface area (Å²) in [6.45, 7) is 13.2. The number of hydrogen-bond donors (Lipinski definition) is 2. The number of nitrogens with zero attached hydrogens (tertiary/aromatic N) is 4. The molecule has 0 spiro atoms. The maximum absolute atomic E-state index is 12.8. The van der Waals surface area contributed by atoms with E-state index in [9.17, 15) is 9.59 Å². The average Bonchev–Trinajstić information content (AvgIpc) is 2.97. The summed E-state index contributed by atoms with van der Waals surface area (Å²) in [5.74, 6) is -0.0317. The molecule has 1 aliphatic heterocycles. The summed E-state index contributed by atoms with van der Waals surface area (Å²) < 4.78 is 1.78. The van der Waals surface area contributed by atoms with Crippen LogP contribution in [0.4, 0.5) is 11.4 Å². The maximum atomic E-state index is 12.8. The molecule has 1 aliphatic rings. The van der Waals surface area contributed by atoms with Crippen LogP contribution in [0.25, 0.3) is 0 Å². The molecule has 8 nitrogen and oxygen atoms in total. The van der Waals surface area contributed by atoms with Crippen LogP contribution in [0.15, 0.2) is 18.2 Å². The molecule has 0 saturated carbocycles. The minimum absolute atomic E-state index is 0.00419. The molecule has 0 radical (unpaired) electrons. The van der Waals surface area contributed by atoms with Crippen molar-refractivity contribution < 1.29 is 9.59 Å². The van der Waals surface area contributed by atoms with E-state index in [1.54, 1.807) is 4.68 Å². The molecule has 168 valence electrons. The number of carbonyl (C=O) groups is 2. The first-order valence-corrected chi connectivity index (χ1v) is 10.8. The number of aromatic nitrogens is 2. The molecule has 1 atom stereocenters. The monoisotopic (exact) mass is 426 g/mol. The van der Waals surface area contributed by atoms with Gasteiger partial charge in [0.2, 0.25) is 11.8 Å². The van der Waals surface area contributed by atoms with Gasteiger partial charge in [-0.25, -0.2) is 0 Å². The fourth-order valence-corrected chi connectivity index (χ4v) is 3.94. The molecular weight excluding hydrogens is 392 g/mol. The number of aryl methyl sites for hydroxylation is 3. The standard InChI is InChI=1S/C23H34N6O2/c1-15-8-7-9-20(16(15)2)24-21(30)14-28-10-12-29(13-11-28)19(5)23(31)25-22-17(3)26-27(6)18(22)4/h7-9,19H,10-14H2,1-6H3,(H,24,30)(H,25,31)/t19-/m1/s1. The highest BCUT2D eigenvalue weighted by atomic mass is 16.2. The topological polar surface area (TPSA) is 82.5 Å². The van der Waals surface area contributed by atoms with Crippen molar-refractivity contribution in [1.82, 2.24) is 19.6 Å². The smallest absolute Gasteiger partial charge is 0.241 e. The highest BCUT2D eigenvalue weighted by Gasteiger charge is 2.27. The fraction of sp³-hybridized carbons (Fsp3) is 0.522. The summed E-state index contributed by atoms with van der Waals surface area (Å²) in [6.07, 6.45) is 0. The van der Waals surface area contributed by atoms with E-state index >= 15 is 0 Å². The van der Waals surface area contributed by atoms with E-state index in [4.69, 9.17) is 0 Å². The lowest BCUT2D eigenvalue weighted by molar-refractivity contribution is -0.122. The first kappa shape index (κ1) is 23.0. The Bertz CT molecular complexity index is 959. The van der Waals surface area contributed by atoms with E-state index in [2.05, 4.69) is 25.5 Å². The van der Waals surface area contributed by atoms with Gasteiger partial charge in [0.25, 0.3) is 0 Å². The number of nitrogens with one attached hydrogen (secondary N) is 2. The number of anilines is 2. The third kappa shape index (κ3) is 5.32. The second kappa shape index (κ2) is 9.62. The van der Waals surface area contributed by atoms with Crippen LogP contribution < -0.4 is 10.6 Å². The summed E-state index contributed by atoms with van der Waals surface area (Å²) in [4.78, 5) is 29.6. The zero-order chi connectivity index (χ0) is 22.7. The SMILES string of the molecule is Cc1cccc(NC(=O)CN2CCN([C@H](C)C(=O)Nc3c(C)nn(C)c3C)CC2)c1C. The van der Waals surface area contributed by atoms with E-state index in [0.717, 1.165) is 60.1 Å². The zero-order valence-corrected chi connectivity index (χ0v) is 19.5. The van der Waals surface area contributed by atoms with Crippen molar-refractivity contribution in [2.45, 2.75) is 40.7 Å². The molecule has 3 rings (SSSR count). The highest BCUT2D eigenvalue weighted by molar-refractivity contribution is 5.95. The summed E-state index contributed by atoms with van der Waals surface area (Å²) in [5, 5.41) is 10.4. The fourth-order valence-electron chi connectivity index (χ4n) is 3.94. The normalized spacial score (nSPS) is 16.2. The Labute approximate surface area is 184 Å². The Kier molecular flexibility index (Phi) is 7.12. The molecule has 1 saturated heterocycles. The first-order chi connectivity index (χ1) is 14.7. The van der Waals surface area contributed by atoms with Gasteiger partial charge in [-0.2, -0.15) is 5.10 Å². The molecule has 2 aromatic rings. The van der Waals surface area contributed by atoms with Crippen molar-refractivity contribution >= 4 is 23.2 Å². The van der Waals surface area contributed by atoms with Crippen LogP contribution in [0.5, 0.6) is 0 Å². The molecule has 31 heavy (non-hydrogen) atoms. The average molecular weight is 427 g/mol. The Balaban J connectivity index is 1.49. The first-order valence-electron chi connectivity index (χ1n) is 10.8. The lowest BCUT2D eigenvalue weighted by atomic mass is 10.1. The summed E-state index contributed by atoms with van der Waals surface area (Å²) in [7, 11) is 1.87. The van der Waals surface area contributed by atoms with Crippen molar-refractivity contribution in [2.75, 3.05) is 43.4 Å². The molecule has 0 unspecified atom stereocenters. The van der Waals surface area contributed by atoms with Crippen LogP contribution in [0.2, 0.25) is 0 Å². The van der Waals surface area contributed by atoms with E-state index in [1.807, 2.05) is 59.9 Å². The van der Waals surface area contributed by atoms with Gasteiger partial charge in [-0.3, -0.25) is 24.1 Å². The van der Waals surface area contributed by atoms with Crippen molar-refractivity contribution in [1.29, 1.82) is 0 Å². The van der Waals surface area contributed by atoms with Gasteiger partial charge in [0.05, 0.1) is 29.7 Å². The lowest BCUT2D eigenvalue weighted by Crippen LogP contribution is -2.53. The number of benzene rings is 1. The van der Waals surface area contributed by atoms with Gasteiger partial charge in [0.15, 0.2) is 0 Å². The summed E-state index contributed by atoms with van der Waals surface area (Å²) >= 11 is 0. The molecule has 1 fully saturated rings. The Hall–Kier alpha value is -2.71. The molecular formula is C23H34N6O2. The number of amides is 2. The van der Waals surface area contributed by atoms with E-state index < -0.39 is 0 Å². The van der Waals surface area contributed by atoms with Crippen LogP contribution in [0, 0.1) is 27.7 Å². The number of hydrogen-bond acceptors (Lipinski definition) is 5. The van der Waals surface area contributed by atoms with Gasteiger partial charge in [0.1, 0.15) is 0 Å². The van der Waals surface area contributed by atoms with Gasteiger partial charge < -0.3 is 10.6 Å². The molecule has 8 heteroatoms. The number of piperazine rings is 1. The Morgan fingerprint density at radius 3 is 2.35 bits per heavy atom. The minimum atomic E-state index is -0.245. The Morgan fingerprint density at radius 2 is 1.74 bits per heavy atom. The van der Waals surface area contributed by atoms with E-state index in [-0.39, 0.29) is 17.9 Å². The van der Waals surface area contributed by atoms with Crippen LogP contribution in [-0.4, -0.2) is 70.2 Å². The maximum Gasteiger partial charge on any atom is 0.241 e. The molecule has 2 N–H and O–H groups in total. The second-order valence-electron chi connectivity index (χ2n) is 8.44. The second-order valence-corrected chi connectivity index (χ2v) is 8.44. The Morgan fingerprint density at radius 1 is 1.06 bits per heavy atom. The predicted octanol–water partition coefficient (Wildman–Crippen LogP) is 2.24. The number of carbonyl (C=O) groups excluding carboxylic acids is 2. The van der Waals surface area contributed by atoms with Crippen molar-refractivity contribution in [3.05, 3.63) is 40.7 Å². The minimum Gasteiger partial charge on any atom is -0.325 e. The quantitative estimate of drug-likeness (QED) is 0.740. The molecule has 2 heterocycles. The third-order valence-electron chi connectivity index (χ3n) is 6.34. The van der Waals surface area contributed by atoms with E-state index in [1.165, 1.54) is 0 Å². The third-order valence-corrected chi connectivity index (χ3v) is 6.34. The lowest BCUT2D eigenvalue weighted by Gasteiger charge is -2.37. The van der Waals surface area contributed by atoms with Crippen molar-refractivity contribution in [2.24, 2.45) is 7.05 Å². The number of rotatable bonds is 6. The van der Waals surface area contributed by atoms with Gasteiger partial charge in [0, 0.05) is 38.9 Å². The predicted molar refractivity (Wildman–Crippen MR) is 123 cm³/mol. The zero-order valence-electron chi connectivity index (χ0n) is 19.5. The van der Waals surface area contributed by atoms with Crippen LogP contribution in [0.1, 0.15) is 29.4 Å². The van der Waals surface area contributed by atoms with Gasteiger partial charge in [-0.1, -0.05) is 12.1 Å². The molecule has 0 bridgehead atoms. The highest BCUT2D eigenvalue weighted by Crippen LogP contribution is 2.20. The molecule has 1 aromatic heterocycles. The molecule has 1 aromatic carbocycles. The summed E-state index contributed by atoms with van der Waals surface area (Å²) in [6, 6.07) is 5.69. The molecule has 0 aliphatic carbocycles. The van der Waals surface area contributed by atoms with Gasteiger partial charge in [-0.05, 0) is 51.8 Å². The van der Waals surface area contributed by atoms with Crippen LogP contribution >= 0.6 is 0 Å². The van der Waals surface area contributed by atoms with Gasteiger partial charge in [-0.15, -0.1) is 0 Å².